The normalized spacial score (nSPS) is 23.1. The predicted molar refractivity (Wildman–Crippen MR) is 75.7 cm³/mol. The van der Waals surface area contributed by atoms with Crippen LogP contribution in [-0.4, -0.2) is 27.2 Å². The standard InChI is InChI=1S/C13H23N5O/c1-2-5-9-12(15-8-16-13(9)18-14)17-10-6-3-4-7-11(10)19/h8,10-11,19H,2-7,14H2,1H3,(H2,15,16,17,18). The molecule has 1 aromatic heterocycles. The molecule has 0 spiro atoms. The third-order valence-electron chi connectivity index (χ3n) is 3.63. The van der Waals surface area contributed by atoms with Crippen LogP contribution in [0, 0.1) is 0 Å². The molecule has 1 saturated carbocycles. The zero-order valence-electron chi connectivity index (χ0n) is 11.4. The van der Waals surface area contributed by atoms with Crippen LogP contribution < -0.4 is 16.6 Å². The van der Waals surface area contributed by atoms with Gasteiger partial charge in [-0.2, -0.15) is 0 Å². The van der Waals surface area contributed by atoms with Gasteiger partial charge in [0.25, 0.3) is 0 Å². The maximum atomic E-state index is 10.0. The second-order valence-electron chi connectivity index (χ2n) is 5.05. The third-order valence-corrected chi connectivity index (χ3v) is 3.63. The molecular formula is C13H23N5O. The van der Waals surface area contributed by atoms with Gasteiger partial charge in [-0.05, 0) is 19.3 Å². The van der Waals surface area contributed by atoms with E-state index < -0.39 is 0 Å². The van der Waals surface area contributed by atoms with E-state index in [4.69, 9.17) is 5.84 Å². The topological polar surface area (TPSA) is 96.1 Å². The van der Waals surface area contributed by atoms with E-state index in [2.05, 4.69) is 27.6 Å². The zero-order valence-corrected chi connectivity index (χ0v) is 11.4. The molecule has 0 radical (unpaired) electrons. The second-order valence-corrected chi connectivity index (χ2v) is 5.05. The minimum absolute atomic E-state index is 0.0740. The van der Waals surface area contributed by atoms with Gasteiger partial charge in [-0.3, -0.25) is 0 Å². The van der Waals surface area contributed by atoms with Gasteiger partial charge in [-0.25, -0.2) is 15.8 Å². The van der Waals surface area contributed by atoms with E-state index in [0.717, 1.165) is 49.9 Å². The molecule has 106 valence electrons. The van der Waals surface area contributed by atoms with Crippen molar-refractivity contribution in [3.8, 4) is 0 Å². The lowest BCUT2D eigenvalue weighted by Crippen LogP contribution is -2.37. The van der Waals surface area contributed by atoms with Gasteiger partial charge in [0.15, 0.2) is 0 Å². The van der Waals surface area contributed by atoms with Crippen LogP contribution in [0.1, 0.15) is 44.6 Å². The molecule has 0 aromatic carbocycles. The molecule has 0 bridgehead atoms. The number of nitrogens with two attached hydrogens (primary N) is 1. The third kappa shape index (κ3) is 3.33. The van der Waals surface area contributed by atoms with E-state index in [1.54, 1.807) is 0 Å². The summed E-state index contributed by atoms with van der Waals surface area (Å²) in [7, 11) is 0. The lowest BCUT2D eigenvalue weighted by molar-refractivity contribution is 0.116. The molecule has 2 rings (SSSR count). The first-order chi connectivity index (χ1) is 9.26. The summed E-state index contributed by atoms with van der Waals surface area (Å²) in [6.45, 7) is 2.10. The Balaban J connectivity index is 2.18. The number of nitrogens with zero attached hydrogens (tertiary/aromatic N) is 2. The average molecular weight is 265 g/mol. The van der Waals surface area contributed by atoms with E-state index in [1.165, 1.54) is 6.33 Å². The number of hydrazine groups is 1. The highest BCUT2D eigenvalue weighted by molar-refractivity contribution is 5.57. The molecule has 0 saturated heterocycles. The molecule has 0 aliphatic heterocycles. The maximum absolute atomic E-state index is 10.0. The van der Waals surface area contributed by atoms with Crippen LogP contribution in [0.5, 0.6) is 0 Å². The number of hydrogen-bond acceptors (Lipinski definition) is 6. The van der Waals surface area contributed by atoms with Crippen molar-refractivity contribution in [1.82, 2.24) is 9.97 Å². The van der Waals surface area contributed by atoms with Gasteiger partial charge in [0.05, 0.1) is 12.1 Å². The Morgan fingerprint density at radius 1 is 1.32 bits per heavy atom. The predicted octanol–water partition coefficient (Wildman–Crippen LogP) is 1.43. The SMILES string of the molecule is CCCc1c(NN)ncnc1NC1CCCCC1O. The quantitative estimate of drug-likeness (QED) is 0.475. The molecule has 1 heterocycles. The molecule has 19 heavy (non-hydrogen) atoms. The summed E-state index contributed by atoms with van der Waals surface area (Å²) in [6, 6.07) is 0.0740. The Bertz CT molecular complexity index is 412. The smallest absolute Gasteiger partial charge is 0.148 e. The van der Waals surface area contributed by atoms with E-state index in [-0.39, 0.29) is 12.1 Å². The molecule has 6 heteroatoms. The van der Waals surface area contributed by atoms with Gasteiger partial charge < -0.3 is 15.8 Å². The maximum Gasteiger partial charge on any atom is 0.148 e. The molecule has 2 unspecified atom stereocenters. The van der Waals surface area contributed by atoms with Crippen LogP contribution in [0.2, 0.25) is 0 Å². The number of aliphatic hydroxyl groups excluding tert-OH is 1. The van der Waals surface area contributed by atoms with E-state index in [9.17, 15) is 5.11 Å². The van der Waals surface area contributed by atoms with Crippen LogP contribution in [0.4, 0.5) is 11.6 Å². The highest BCUT2D eigenvalue weighted by Crippen LogP contribution is 2.26. The summed E-state index contributed by atoms with van der Waals surface area (Å²) in [5.41, 5.74) is 3.61. The lowest BCUT2D eigenvalue weighted by Gasteiger charge is -2.29. The largest absolute Gasteiger partial charge is 0.391 e. The fourth-order valence-electron chi connectivity index (χ4n) is 2.60. The number of nitrogen functional groups attached to an aromatic ring is 1. The van der Waals surface area contributed by atoms with Crippen molar-refractivity contribution in [1.29, 1.82) is 0 Å². The molecule has 2 atom stereocenters. The summed E-state index contributed by atoms with van der Waals surface area (Å²) in [5.74, 6) is 6.94. The fraction of sp³-hybridized carbons (Fsp3) is 0.692. The fourth-order valence-corrected chi connectivity index (χ4v) is 2.60. The first-order valence-corrected chi connectivity index (χ1v) is 7.01. The molecule has 1 aliphatic rings. The van der Waals surface area contributed by atoms with Gasteiger partial charge >= 0.3 is 0 Å². The lowest BCUT2D eigenvalue weighted by atomic mass is 9.92. The summed E-state index contributed by atoms with van der Waals surface area (Å²) < 4.78 is 0. The van der Waals surface area contributed by atoms with Crippen molar-refractivity contribution < 1.29 is 5.11 Å². The highest BCUT2D eigenvalue weighted by Gasteiger charge is 2.24. The Kier molecular flexibility index (Phi) is 4.93. The number of nitrogens with one attached hydrogen (secondary N) is 2. The molecule has 1 aliphatic carbocycles. The van der Waals surface area contributed by atoms with E-state index in [1.807, 2.05) is 0 Å². The Hall–Kier alpha value is -1.40. The van der Waals surface area contributed by atoms with E-state index >= 15 is 0 Å². The number of anilines is 2. The van der Waals surface area contributed by atoms with Gasteiger partial charge in [0.2, 0.25) is 0 Å². The zero-order chi connectivity index (χ0) is 13.7. The highest BCUT2D eigenvalue weighted by atomic mass is 16.3. The summed E-state index contributed by atoms with van der Waals surface area (Å²) in [4.78, 5) is 8.44. The summed E-state index contributed by atoms with van der Waals surface area (Å²) in [5, 5.41) is 13.4. The van der Waals surface area contributed by atoms with Gasteiger partial charge in [-0.15, -0.1) is 0 Å². The first kappa shape index (κ1) is 14.0. The van der Waals surface area contributed by atoms with Crippen molar-refractivity contribution >= 4 is 11.6 Å². The summed E-state index contributed by atoms with van der Waals surface area (Å²) >= 11 is 0. The number of aliphatic hydroxyl groups is 1. The number of rotatable bonds is 5. The minimum Gasteiger partial charge on any atom is -0.391 e. The van der Waals surface area contributed by atoms with Crippen molar-refractivity contribution in [2.45, 2.75) is 57.6 Å². The first-order valence-electron chi connectivity index (χ1n) is 7.01. The second kappa shape index (κ2) is 6.68. The van der Waals surface area contributed by atoms with Crippen molar-refractivity contribution in [3.05, 3.63) is 11.9 Å². The van der Waals surface area contributed by atoms with Gasteiger partial charge in [-0.1, -0.05) is 26.2 Å². The number of hydrogen-bond donors (Lipinski definition) is 4. The summed E-state index contributed by atoms with van der Waals surface area (Å²) in [6.07, 6.45) is 7.11. The van der Waals surface area contributed by atoms with Crippen LogP contribution in [0.3, 0.4) is 0 Å². The van der Waals surface area contributed by atoms with E-state index in [0.29, 0.717) is 5.82 Å². The Morgan fingerprint density at radius 3 is 2.74 bits per heavy atom. The minimum atomic E-state index is -0.299. The van der Waals surface area contributed by atoms with Gasteiger partial charge in [0, 0.05) is 5.56 Å². The van der Waals surface area contributed by atoms with Crippen LogP contribution >= 0.6 is 0 Å². The Labute approximate surface area is 113 Å². The van der Waals surface area contributed by atoms with Crippen LogP contribution in [-0.2, 0) is 6.42 Å². The van der Waals surface area contributed by atoms with Crippen LogP contribution in [0.25, 0.3) is 0 Å². The molecule has 1 fully saturated rings. The van der Waals surface area contributed by atoms with Crippen molar-refractivity contribution in [2.75, 3.05) is 10.7 Å². The Morgan fingerprint density at radius 2 is 2.05 bits per heavy atom. The van der Waals surface area contributed by atoms with Crippen molar-refractivity contribution in [2.24, 2.45) is 5.84 Å². The molecular weight excluding hydrogens is 242 g/mol. The number of aromatic nitrogens is 2. The van der Waals surface area contributed by atoms with Crippen molar-refractivity contribution in [3.63, 3.8) is 0 Å². The average Bonchev–Trinajstić information content (AvgIpc) is 2.43. The van der Waals surface area contributed by atoms with Gasteiger partial charge in [0.1, 0.15) is 18.0 Å². The monoisotopic (exact) mass is 265 g/mol. The molecule has 0 amide bonds. The molecule has 5 N–H and O–H groups in total. The molecule has 6 nitrogen and oxygen atoms in total. The van der Waals surface area contributed by atoms with Crippen LogP contribution in [0.15, 0.2) is 6.33 Å². The molecule has 1 aromatic rings.